The van der Waals surface area contributed by atoms with Crippen molar-refractivity contribution in [1.82, 2.24) is 0 Å². The van der Waals surface area contributed by atoms with Crippen LogP contribution in [0.4, 0.5) is 0 Å². The normalized spacial score (nSPS) is 12.6. The summed E-state index contributed by atoms with van der Waals surface area (Å²) in [6.45, 7) is 2.14. The van der Waals surface area contributed by atoms with E-state index < -0.39 is 0 Å². The van der Waals surface area contributed by atoms with Gasteiger partial charge in [0.25, 0.3) is 0 Å². The zero-order chi connectivity index (χ0) is 10.6. The molecule has 14 heavy (non-hydrogen) atoms. The van der Waals surface area contributed by atoms with E-state index in [2.05, 4.69) is 35.0 Å². The molecule has 0 bridgehead atoms. The van der Waals surface area contributed by atoms with Crippen molar-refractivity contribution in [1.29, 1.82) is 0 Å². The minimum absolute atomic E-state index is 0.511. The molecule has 0 fully saturated rings. The van der Waals surface area contributed by atoms with E-state index >= 15 is 0 Å². The predicted octanol–water partition coefficient (Wildman–Crippen LogP) is 3.88. The van der Waals surface area contributed by atoms with Gasteiger partial charge in [0.15, 0.2) is 0 Å². The molecule has 1 rings (SSSR count). The number of halogens is 2. The van der Waals surface area contributed by atoms with Crippen LogP contribution in [0.3, 0.4) is 0 Å². The summed E-state index contributed by atoms with van der Waals surface area (Å²) in [5.74, 6) is 2.08. The Labute approximate surface area is 98.5 Å². The van der Waals surface area contributed by atoms with Crippen molar-refractivity contribution < 1.29 is 4.74 Å². The molecule has 3 heteroatoms. The first-order valence-electron chi connectivity index (χ1n) is 4.55. The molecular formula is C11H14BrClO. The Bertz CT molecular complexity index is 301. The zero-order valence-electron chi connectivity index (χ0n) is 8.39. The van der Waals surface area contributed by atoms with E-state index in [0.717, 1.165) is 16.6 Å². The Balaban J connectivity index is 2.76. The van der Waals surface area contributed by atoms with E-state index in [0.29, 0.717) is 11.8 Å². The third kappa shape index (κ3) is 3.18. The van der Waals surface area contributed by atoms with Crippen LogP contribution in [-0.2, 0) is 6.42 Å². The average Bonchev–Trinajstić information content (AvgIpc) is 2.18. The van der Waals surface area contributed by atoms with Crippen LogP contribution in [0.25, 0.3) is 0 Å². The molecule has 0 saturated heterocycles. The van der Waals surface area contributed by atoms with Gasteiger partial charge in [-0.1, -0.05) is 13.0 Å². The average molecular weight is 278 g/mol. The highest BCUT2D eigenvalue weighted by molar-refractivity contribution is 9.10. The Hall–Kier alpha value is -0.210. The monoisotopic (exact) mass is 276 g/mol. The minimum atomic E-state index is 0.511. The van der Waals surface area contributed by atoms with Crippen LogP contribution in [-0.4, -0.2) is 13.0 Å². The SMILES string of the molecule is COc1ccc(CC(C)CCl)cc1Br. The summed E-state index contributed by atoms with van der Waals surface area (Å²) in [7, 11) is 1.67. The summed E-state index contributed by atoms with van der Waals surface area (Å²) in [4.78, 5) is 0. The molecule has 1 atom stereocenters. The fraction of sp³-hybridized carbons (Fsp3) is 0.455. The molecule has 0 saturated carbocycles. The molecule has 1 aromatic carbocycles. The molecule has 1 aromatic rings. The highest BCUT2D eigenvalue weighted by atomic mass is 79.9. The van der Waals surface area contributed by atoms with E-state index in [1.807, 2.05) is 6.07 Å². The second-order valence-corrected chi connectivity index (χ2v) is 4.60. The van der Waals surface area contributed by atoms with Gasteiger partial charge in [-0.05, 0) is 46.0 Å². The van der Waals surface area contributed by atoms with Gasteiger partial charge in [-0.25, -0.2) is 0 Å². The second-order valence-electron chi connectivity index (χ2n) is 3.43. The molecular weight excluding hydrogens is 263 g/mol. The minimum Gasteiger partial charge on any atom is -0.496 e. The fourth-order valence-electron chi connectivity index (χ4n) is 1.29. The maximum Gasteiger partial charge on any atom is 0.133 e. The number of ether oxygens (including phenoxy) is 1. The van der Waals surface area contributed by atoms with Crippen molar-refractivity contribution in [3.63, 3.8) is 0 Å². The molecule has 0 aliphatic carbocycles. The largest absolute Gasteiger partial charge is 0.496 e. The van der Waals surface area contributed by atoms with Crippen molar-refractivity contribution in [2.75, 3.05) is 13.0 Å². The molecule has 78 valence electrons. The summed E-state index contributed by atoms with van der Waals surface area (Å²) in [5.41, 5.74) is 1.28. The third-order valence-electron chi connectivity index (χ3n) is 2.06. The molecule has 0 radical (unpaired) electrons. The number of alkyl halides is 1. The van der Waals surface area contributed by atoms with Gasteiger partial charge in [-0.3, -0.25) is 0 Å². The van der Waals surface area contributed by atoms with Crippen LogP contribution in [0.1, 0.15) is 12.5 Å². The van der Waals surface area contributed by atoms with Gasteiger partial charge in [-0.2, -0.15) is 0 Å². The third-order valence-corrected chi connectivity index (χ3v) is 3.21. The quantitative estimate of drug-likeness (QED) is 0.759. The molecule has 1 unspecified atom stereocenters. The Kier molecular flexibility index (Phi) is 4.76. The van der Waals surface area contributed by atoms with Gasteiger partial charge in [0.2, 0.25) is 0 Å². The van der Waals surface area contributed by atoms with Gasteiger partial charge < -0.3 is 4.74 Å². The van der Waals surface area contributed by atoms with E-state index in [1.165, 1.54) is 5.56 Å². The number of rotatable bonds is 4. The first kappa shape index (κ1) is 11.9. The lowest BCUT2D eigenvalue weighted by Gasteiger charge is -2.09. The van der Waals surface area contributed by atoms with Crippen LogP contribution in [0.15, 0.2) is 22.7 Å². The standard InChI is InChI=1S/C11H14BrClO/c1-8(7-13)5-9-3-4-11(14-2)10(12)6-9/h3-4,6,8H,5,7H2,1-2H3. The van der Waals surface area contributed by atoms with Crippen LogP contribution < -0.4 is 4.74 Å². The lowest BCUT2D eigenvalue weighted by Crippen LogP contribution is -2.01. The van der Waals surface area contributed by atoms with Crippen molar-refractivity contribution in [3.8, 4) is 5.75 Å². The van der Waals surface area contributed by atoms with E-state index in [1.54, 1.807) is 7.11 Å². The molecule has 0 spiro atoms. The first-order valence-corrected chi connectivity index (χ1v) is 5.88. The maximum atomic E-state index is 5.76. The van der Waals surface area contributed by atoms with Crippen molar-refractivity contribution in [2.24, 2.45) is 5.92 Å². The fourth-order valence-corrected chi connectivity index (χ4v) is 1.99. The second kappa shape index (κ2) is 5.62. The topological polar surface area (TPSA) is 9.23 Å². The van der Waals surface area contributed by atoms with E-state index in [9.17, 15) is 0 Å². The Morgan fingerprint density at radius 3 is 2.71 bits per heavy atom. The molecule has 0 aliphatic heterocycles. The van der Waals surface area contributed by atoms with Crippen molar-refractivity contribution in [3.05, 3.63) is 28.2 Å². The predicted molar refractivity (Wildman–Crippen MR) is 64.3 cm³/mol. The zero-order valence-corrected chi connectivity index (χ0v) is 10.7. The van der Waals surface area contributed by atoms with Crippen LogP contribution in [0, 0.1) is 5.92 Å². The summed E-state index contributed by atoms with van der Waals surface area (Å²) < 4.78 is 6.16. The first-order chi connectivity index (χ1) is 6.67. The highest BCUT2D eigenvalue weighted by Gasteiger charge is 2.05. The molecule has 0 aromatic heterocycles. The number of hydrogen-bond donors (Lipinski definition) is 0. The summed E-state index contributed by atoms with van der Waals surface area (Å²) >= 11 is 9.22. The van der Waals surface area contributed by atoms with Gasteiger partial charge >= 0.3 is 0 Å². The highest BCUT2D eigenvalue weighted by Crippen LogP contribution is 2.26. The van der Waals surface area contributed by atoms with Gasteiger partial charge in [0, 0.05) is 5.88 Å². The molecule has 0 N–H and O–H groups in total. The van der Waals surface area contributed by atoms with Crippen LogP contribution in [0.5, 0.6) is 5.75 Å². The summed E-state index contributed by atoms with van der Waals surface area (Å²) in [6, 6.07) is 6.13. The molecule has 0 heterocycles. The molecule has 1 nitrogen and oxygen atoms in total. The van der Waals surface area contributed by atoms with Crippen LogP contribution in [0.2, 0.25) is 0 Å². The smallest absolute Gasteiger partial charge is 0.133 e. The maximum absolute atomic E-state index is 5.76. The number of methoxy groups -OCH3 is 1. The molecule has 0 amide bonds. The number of benzene rings is 1. The lowest BCUT2D eigenvalue weighted by molar-refractivity contribution is 0.412. The van der Waals surface area contributed by atoms with Crippen molar-refractivity contribution >= 4 is 27.5 Å². The molecule has 0 aliphatic rings. The summed E-state index contributed by atoms with van der Waals surface area (Å²) in [6.07, 6.45) is 1.01. The van der Waals surface area contributed by atoms with Gasteiger partial charge in [-0.15, -0.1) is 11.6 Å². The van der Waals surface area contributed by atoms with Gasteiger partial charge in [0.05, 0.1) is 11.6 Å². The number of hydrogen-bond acceptors (Lipinski definition) is 1. The van der Waals surface area contributed by atoms with Gasteiger partial charge in [0.1, 0.15) is 5.75 Å². The summed E-state index contributed by atoms with van der Waals surface area (Å²) in [5, 5.41) is 0. The van der Waals surface area contributed by atoms with Crippen LogP contribution >= 0.6 is 27.5 Å². The van der Waals surface area contributed by atoms with E-state index in [4.69, 9.17) is 16.3 Å². The Morgan fingerprint density at radius 1 is 1.50 bits per heavy atom. The van der Waals surface area contributed by atoms with Crippen molar-refractivity contribution in [2.45, 2.75) is 13.3 Å². The Morgan fingerprint density at radius 2 is 2.21 bits per heavy atom. The van der Waals surface area contributed by atoms with E-state index in [-0.39, 0.29) is 0 Å². The lowest BCUT2D eigenvalue weighted by atomic mass is 10.0.